The Bertz CT molecular complexity index is 1280. The van der Waals surface area contributed by atoms with E-state index in [9.17, 15) is 9.59 Å². The van der Waals surface area contributed by atoms with Crippen LogP contribution in [0.5, 0.6) is 0 Å². The molecule has 0 saturated carbocycles. The highest BCUT2D eigenvalue weighted by molar-refractivity contribution is 6.03. The molecule has 166 valence electrons. The van der Waals surface area contributed by atoms with Crippen LogP contribution >= 0.6 is 0 Å². The van der Waals surface area contributed by atoms with E-state index in [1.807, 2.05) is 32.9 Å². The first-order valence-corrected chi connectivity index (χ1v) is 10.3. The van der Waals surface area contributed by atoms with E-state index in [4.69, 9.17) is 0 Å². The zero-order valence-electron chi connectivity index (χ0n) is 18.4. The topological polar surface area (TPSA) is 125 Å². The van der Waals surface area contributed by atoms with Gasteiger partial charge >= 0.3 is 6.03 Å². The summed E-state index contributed by atoms with van der Waals surface area (Å²) in [4.78, 5) is 33.4. The maximum absolute atomic E-state index is 12.6. The molecule has 2 heterocycles. The van der Waals surface area contributed by atoms with Crippen molar-refractivity contribution in [1.29, 1.82) is 0 Å². The predicted octanol–water partition coefficient (Wildman–Crippen LogP) is 4.69. The molecular formula is C24H23N7O2. The zero-order chi connectivity index (χ0) is 23.4. The number of H-pyrrole nitrogens is 1. The summed E-state index contributed by atoms with van der Waals surface area (Å²) in [7, 11) is 0. The summed E-state index contributed by atoms with van der Waals surface area (Å²) in [6, 6.07) is 13.8. The number of nitrogens with zero attached hydrogens (tertiary/aromatic N) is 3. The molecule has 0 aliphatic heterocycles. The third-order valence-corrected chi connectivity index (χ3v) is 4.95. The molecule has 0 aliphatic rings. The number of aromatic amines is 1. The molecule has 0 unspecified atom stereocenters. The highest BCUT2D eigenvalue weighted by Gasteiger charge is 2.12. The lowest BCUT2D eigenvalue weighted by atomic mass is 10.1. The normalized spacial score (nSPS) is 10.5. The van der Waals surface area contributed by atoms with E-state index in [0.29, 0.717) is 22.9 Å². The molecule has 2 aromatic carbocycles. The number of carbonyl (C=O) groups is 2. The molecule has 0 fully saturated rings. The Balaban J connectivity index is 1.38. The molecule has 4 N–H and O–H groups in total. The monoisotopic (exact) mass is 441 g/mol. The summed E-state index contributed by atoms with van der Waals surface area (Å²) in [6.45, 7) is 5.94. The van der Waals surface area contributed by atoms with Crippen LogP contribution < -0.4 is 16.0 Å². The maximum Gasteiger partial charge on any atom is 0.323 e. The highest BCUT2D eigenvalue weighted by atomic mass is 16.2. The van der Waals surface area contributed by atoms with Crippen molar-refractivity contribution < 1.29 is 9.59 Å². The Labute approximate surface area is 190 Å². The van der Waals surface area contributed by atoms with E-state index in [1.165, 1.54) is 12.3 Å². The number of aromatic nitrogens is 4. The number of amides is 3. The van der Waals surface area contributed by atoms with E-state index < -0.39 is 0 Å². The number of aryl methyl sites for hydroxylation is 3. The van der Waals surface area contributed by atoms with Crippen LogP contribution in [0.4, 0.5) is 21.9 Å². The number of nitrogens with one attached hydrogen (secondary N) is 4. The van der Waals surface area contributed by atoms with Gasteiger partial charge in [-0.15, -0.1) is 0 Å². The smallest absolute Gasteiger partial charge is 0.321 e. The van der Waals surface area contributed by atoms with E-state index >= 15 is 0 Å². The first-order valence-electron chi connectivity index (χ1n) is 10.3. The predicted molar refractivity (Wildman–Crippen MR) is 127 cm³/mol. The molecule has 0 spiro atoms. The Kier molecular flexibility index (Phi) is 6.12. The standard InChI is InChI=1S/C24H23N7O2/c1-14-12-15(2)21(16(3)13-14)30-24(33)28-18-6-4-17(5-7-18)27-23(32)20-8-10-25-22(29-20)19-9-11-26-31-19/h4-13H,1-3H3,(H,26,31)(H,27,32)(H2,28,30,33). The minimum absolute atomic E-state index is 0.222. The van der Waals surface area contributed by atoms with Gasteiger partial charge in [-0.25, -0.2) is 14.8 Å². The quantitative estimate of drug-likeness (QED) is 0.358. The SMILES string of the molecule is Cc1cc(C)c(NC(=O)Nc2ccc(NC(=O)c3ccnc(-c4ccn[nH]4)n3)cc2)c(C)c1. The summed E-state index contributed by atoms with van der Waals surface area (Å²) in [5.41, 5.74) is 5.94. The lowest BCUT2D eigenvalue weighted by Crippen LogP contribution is -2.20. The molecule has 0 aliphatic carbocycles. The number of urea groups is 1. The van der Waals surface area contributed by atoms with Gasteiger partial charge in [0, 0.05) is 29.5 Å². The fourth-order valence-corrected chi connectivity index (χ4v) is 3.48. The number of benzene rings is 2. The molecule has 9 heteroatoms. The van der Waals surface area contributed by atoms with Crippen molar-refractivity contribution >= 4 is 29.0 Å². The second kappa shape index (κ2) is 9.31. The maximum atomic E-state index is 12.6. The lowest BCUT2D eigenvalue weighted by molar-refractivity contribution is 0.102. The molecule has 2 aromatic heterocycles. The summed E-state index contributed by atoms with van der Waals surface area (Å²) < 4.78 is 0. The number of anilines is 3. The highest BCUT2D eigenvalue weighted by Crippen LogP contribution is 2.22. The zero-order valence-corrected chi connectivity index (χ0v) is 18.4. The van der Waals surface area contributed by atoms with Crippen LogP contribution in [-0.4, -0.2) is 32.1 Å². The van der Waals surface area contributed by atoms with E-state index in [1.54, 1.807) is 36.5 Å². The summed E-state index contributed by atoms with van der Waals surface area (Å²) >= 11 is 0. The Morgan fingerprint density at radius 2 is 1.48 bits per heavy atom. The van der Waals surface area contributed by atoms with Gasteiger partial charge in [-0.05, 0) is 68.3 Å². The van der Waals surface area contributed by atoms with Crippen molar-refractivity contribution in [3.63, 3.8) is 0 Å². The fraction of sp³-hybridized carbons (Fsp3) is 0.125. The minimum Gasteiger partial charge on any atom is -0.321 e. The van der Waals surface area contributed by atoms with Gasteiger partial charge in [-0.3, -0.25) is 9.89 Å². The second-order valence-electron chi connectivity index (χ2n) is 7.62. The molecule has 4 rings (SSSR count). The van der Waals surface area contributed by atoms with Crippen LogP contribution in [0.3, 0.4) is 0 Å². The summed E-state index contributed by atoms with van der Waals surface area (Å²) in [5.74, 6) is 0.00620. The molecule has 9 nitrogen and oxygen atoms in total. The van der Waals surface area contributed by atoms with Crippen LogP contribution in [-0.2, 0) is 0 Å². The van der Waals surface area contributed by atoms with Crippen molar-refractivity contribution in [3.05, 3.63) is 83.3 Å². The summed E-state index contributed by atoms with van der Waals surface area (Å²) in [6.07, 6.45) is 3.10. The Hall–Kier alpha value is -4.53. The number of carbonyl (C=O) groups excluding carboxylic acids is 2. The van der Waals surface area contributed by atoms with Gasteiger partial charge in [0.15, 0.2) is 5.82 Å². The molecule has 33 heavy (non-hydrogen) atoms. The summed E-state index contributed by atoms with van der Waals surface area (Å²) in [5, 5.41) is 15.1. The lowest BCUT2D eigenvalue weighted by Gasteiger charge is -2.14. The molecule has 3 amide bonds. The third-order valence-electron chi connectivity index (χ3n) is 4.95. The third kappa shape index (κ3) is 5.21. The van der Waals surface area contributed by atoms with Crippen LogP contribution in [0.15, 0.2) is 60.9 Å². The van der Waals surface area contributed by atoms with E-state index in [0.717, 1.165) is 22.4 Å². The van der Waals surface area contributed by atoms with Crippen LogP contribution in [0.1, 0.15) is 27.2 Å². The first kappa shape index (κ1) is 21.7. The molecule has 0 radical (unpaired) electrons. The molecule has 0 atom stereocenters. The van der Waals surface area contributed by atoms with Gasteiger partial charge < -0.3 is 16.0 Å². The largest absolute Gasteiger partial charge is 0.323 e. The van der Waals surface area contributed by atoms with Gasteiger partial charge in [-0.2, -0.15) is 5.10 Å². The van der Waals surface area contributed by atoms with Gasteiger partial charge in [0.2, 0.25) is 0 Å². The minimum atomic E-state index is -0.373. The van der Waals surface area contributed by atoms with E-state index in [-0.39, 0.29) is 17.6 Å². The number of rotatable bonds is 5. The van der Waals surface area contributed by atoms with Crippen molar-refractivity contribution in [3.8, 4) is 11.5 Å². The van der Waals surface area contributed by atoms with Crippen LogP contribution in [0.25, 0.3) is 11.5 Å². The fourth-order valence-electron chi connectivity index (χ4n) is 3.48. The van der Waals surface area contributed by atoms with Gasteiger partial charge in [-0.1, -0.05) is 17.7 Å². The Morgan fingerprint density at radius 1 is 0.818 bits per heavy atom. The van der Waals surface area contributed by atoms with Crippen molar-refractivity contribution in [2.75, 3.05) is 16.0 Å². The first-order chi connectivity index (χ1) is 15.9. The van der Waals surface area contributed by atoms with Crippen LogP contribution in [0.2, 0.25) is 0 Å². The van der Waals surface area contributed by atoms with Gasteiger partial charge in [0.25, 0.3) is 5.91 Å². The van der Waals surface area contributed by atoms with Crippen LogP contribution in [0, 0.1) is 20.8 Å². The van der Waals surface area contributed by atoms with E-state index in [2.05, 4.69) is 36.1 Å². The van der Waals surface area contributed by atoms with Crippen molar-refractivity contribution in [1.82, 2.24) is 20.2 Å². The van der Waals surface area contributed by atoms with Crippen molar-refractivity contribution in [2.24, 2.45) is 0 Å². The second-order valence-corrected chi connectivity index (χ2v) is 7.62. The molecular weight excluding hydrogens is 418 g/mol. The van der Waals surface area contributed by atoms with Crippen molar-refractivity contribution in [2.45, 2.75) is 20.8 Å². The van der Waals surface area contributed by atoms with Gasteiger partial charge in [0.1, 0.15) is 11.4 Å². The number of hydrogen-bond donors (Lipinski definition) is 4. The molecule has 0 bridgehead atoms. The average molecular weight is 441 g/mol. The average Bonchev–Trinajstić information content (AvgIpc) is 3.33. The molecule has 0 saturated heterocycles. The Morgan fingerprint density at radius 3 is 2.12 bits per heavy atom. The molecule has 4 aromatic rings. The number of hydrogen-bond acceptors (Lipinski definition) is 5. The van der Waals surface area contributed by atoms with Gasteiger partial charge in [0.05, 0.1) is 0 Å².